The van der Waals surface area contributed by atoms with Crippen molar-refractivity contribution in [2.75, 3.05) is 5.32 Å². The van der Waals surface area contributed by atoms with Crippen molar-refractivity contribution in [3.8, 4) is 6.07 Å². The van der Waals surface area contributed by atoms with Gasteiger partial charge < -0.3 is 5.32 Å². The number of nitriles is 1. The van der Waals surface area contributed by atoms with Gasteiger partial charge in [-0.15, -0.1) is 0 Å². The second kappa shape index (κ2) is 5.44. The molecule has 8 heteroatoms. The smallest absolute Gasteiger partial charge is 0.298 e. The third kappa shape index (κ3) is 2.67. The highest BCUT2D eigenvalue weighted by molar-refractivity contribution is 5.99. The van der Waals surface area contributed by atoms with E-state index in [1.165, 1.54) is 0 Å². The Kier molecular flexibility index (Phi) is 3.84. The van der Waals surface area contributed by atoms with E-state index in [1.807, 2.05) is 6.07 Å². The fourth-order valence-corrected chi connectivity index (χ4v) is 2.43. The maximum Gasteiger partial charge on any atom is 0.298 e. The first kappa shape index (κ1) is 14.8. The second-order valence-corrected chi connectivity index (χ2v) is 4.89. The lowest BCUT2D eigenvalue weighted by atomic mass is 9.87. The van der Waals surface area contributed by atoms with Gasteiger partial charge in [-0.25, -0.2) is 8.78 Å². The molecule has 1 N–H and O–H groups in total. The minimum Gasteiger partial charge on any atom is -0.317 e. The lowest BCUT2D eigenvalue weighted by Crippen LogP contribution is -2.33. The zero-order valence-electron chi connectivity index (χ0n) is 10.9. The Morgan fingerprint density at radius 3 is 2.52 bits per heavy atom. The predicted octanol–water partition coefficient (Wildman–Crippen LogP) is 2.90. The molecule has 1 saturated carbocycles. The number of carbonyl (C=O) groups excluding carboxylic acids is 1. The zero-order valence-corrected chi connectivity index (χ0v) is 10.9. The number of rotatable bonds is 3. The van der Waals surface area contributed by atoms with Gasteiger partial charge in [0.1, 0.15) is 11.2 Å². The number of nitro benzene ring substituents is 1. The number of hydrogen-bond acceptors (Lipinski definition) is 4. The summed E-state index contributed by atoms with van der Waals surface area (Å²) in [7, 11) is 0. The number of hydrogen-bond donors (Lipinski definition) is 1. The molecule has 6 nitrogen and oxygen atoms in total. The molecule has 0 saturated heterocycles. The number of halogens is 2. The highest BCUT2D eigenvalue weighted by Gasteiger charge is 2.42. The van der Waals surface area contributed by atoms with Crippen molar-refractivity contribution in [2.24, 2.45) is 5.41 Å². The molecule has 0 heterocycles. The average Bonchev–Trinajstić information content (AvgIpc) is 2.91. The van der Waals surface area contributed by atoms with Crippen molar-refractivity contribution in [3.63, 3.8) is 0 Å². The molecule has 0 radical (unpaired) electrons. The molecular formula is C13H11F2N3O3. The van der Waals surface area contributed by atoms with Crippen LogP contribution in [0.5, 0.6) is 0 Å². The molecule has 0 spiro atoms. The van der Waals surface area contributed by atoms with Gasteiger partial charge in [-0.05, 0) is 12.8 Å². The summed E-state index contributed by atoms with van der Waals surface area (Å²) in [5, 5.41) is 22.1. The minimum absolute atomic E-state index is 0.311. The molecule has 0 aromatic heterocycles. The summed E-state index contributed by atoms with van der Waals surface area (Å²) in [5.41, 5.74) is -2.91. The third-order valence-electron chi connectivity index (χ3n) is 3.58. The zero-order chi connectivity index (χ0) is 15.6. The maximum absolute atomic E-state index is 13.7. The molecule has 0 aliphatic heterocycles. The van der Waals surface area contributed by atoms with Crippen molar-refractivity contribution < 1.29 is 18.5 Å². The monoisotopic (exact) mass is 295 g/mol. The Labute approximate surface area is 118 Å². The molecule has 2 rings (SSSR count). The summed E-state index contributed by atoms with van der Waals surface area (Å²) in [6.45, 7) is 0. The summed E-state index contributed by atoms with van der Waals surface area (Å²) in [6, 6.07) is 2.86. The molecular weight excluding hydrogens is 284 g/mol. The molecule has 1 aliphatic rings. The van der Waals surface area contributed by atoms with Crippen LogP contribution in [0, 0.1) is 38.5 Å². The van der Waals surface area contributed by atoms with Gasteiger partial charge in [0.15, 0.2) is 11.5 Å². The maximum atomic E-state index is 13.7. The lowest BCUT2D eigenvalue weighted by molar-refractivity contribution is -0.384. The number of carbonyl (C=O) groups is 1. The van der Waals surface area contributed by atoms with Gasteiger partial charge >= 0.3 is 0 Å². The van der Waals surface area contributed by atoms with E-state index in [0.717, 1.165) is 0 Å². The van der Waals surface area contributed by atoms with Gasteiger partial charge in [0.25, 0.3) is 5.69 Å². The number of amides is 1. The van der Waals surface area contributed by atoms with Crippen molar-refractivity contribution in [1.29, 1.82) is 5.26 Å². The van der Waals surface area contributed by atoms with Gasteiger partial charge in [-0.2, -0.15) is 5.26 Å². The summed E-state index contributed by atoms with van der Waals surface area (Å²) in [6.07, 6.45) is 1.97. The summed E-state index contributed by atoms with van der Waals surface area (Å²) >= 11 is 0. The first-order valence-corrected chi connectivity index (χ1v) is 6.26. The van der Waals surface area contributed by atoms with Gasteiger partial charge in [0.2, 0.25) is 5.91 Å². The molecule has 0 unspecified atom stereocenters. The van der Waals surface area contributed by atoms with Crippen LogP contribution in [0.15, 0.2) is 12.1 Å². The summed E-state index contributed by atoms with van der Waals surface area (Å²) < 4.78 is 26.7. The normalized spacial score (nSPS) is 16.2. The molecule has 1 aliphatic carbocycles. The number of nitro groups is 1. The van der Waals surface area contributed by atoms with Crippen LogP contribution < -0.4 is 5.32 Å². The standard InChI is InChI=1S/C13H11F2N3O3/c14-8-5-9(15)11(10(6-8)18(20)21)17-12(19)13(7-16)3-1-2-4-13/h5-6H,1-4H2,(H,17,19). The van der Waals surface area contributed by atoms with Gasteiger partial charge in [-0.1, -0.05) is 12.8 Å². The quantitative estimate of drug-likeness (QED) is 0.685. The van der Waals surface area contributed by atoms with Gasteiger partial charge in [-0.3, -0.25) is 14.9 Å². The van der Waals surface area contributed by atoms with Crippen LogP contribution in [0.3, 0.4) is 0 Å². The Balaban J connectivity index is 2.38. The van der Waals surface area contributed by atoms with Crippen LogP contribution in [0.4, 0.5) is 20.2 Å². The highest BCUT2D eigenvalue weighted by atomic mass is 19.1. The molecule has 21 heavy (non-hydrogen) atoms. The van der Waals surface area contributed by atoms with Crippen LogP contribution in [0.2, 0.25) is 0 Å². The summed E-state index contributed by atoms with van der Waals surface area (Å²) in [5.74, 6) is -3.16. The molecule has 1 aromatic carbocycles. The molecule has 1 aromatic rings. The van der Waals surface area contributed by atoms with E-state index in [2.05, 4.69) is 5.32 Å². The number of anilines is 1. The van der Waals surface area contributed by atoms with E-state index >= 15 is 0 Å². The highest BCUT2D eigenvalue weighted by Crippen LogP contribution is 2.39. The molecule has 110 valence electrons. The Bertz CT molecular complexity index is 649. The van der Waals surface area contributed by atoms with E-state index < -0.39 is 39.3 Å². The predicted molar refractivity (Wildman–Crippen MR) is 68.2 cm³/mol. The number of benzene rings is 1. The Morgan fingerprint density at radius 2 is 2.00 bits per heavy atom. The van der Waals surface area contributed by atoms with Crippen LogP contribution in [0.25, 0.3) is 0 Å². The van der Waals surface area contributed by atoms with E-state index in [4.69, 9.17) is 5.26 Å². The van der Waals surface area contributed by atoms with Crippen molar-refractivity contribution in [2.45, 2.75) is 25.7 Å². The SMILES string of the molecule is N#CC1(C(=O)Nc2c(F)cc(F)cc2[N+](=O)[O-])CCCC1. The first-order valence-electron chi connectivity index (χ1n) is 6.26. The number of nitrogens with zero attached hydrogens (tertiary/aromatic N) is 2. The van der Waals surface area contributed by atoms with Crippen molar-refractivity contribution in [1.82, 2.24) is 0 Å². The lowest BCUT2D eigenvalue weighted by Gasteiger charge is -2.19. The van der Waals surface area contributed by atoms with Crippen LogP contribution in [-0.2, 0) is 4.79 Å². The first-order chi connectivity index (χ1) is 9.89. The van der Waals surface area contributed by atoms with E-state index in [9.17, 15) is 23.7 Å². The second-order valence-electron chi connectivity index (χ2n) is 4.89. The van der Waals surface area contributed by atoms with Gasteiger partial charge in [0.05, 0.1) is 17.1 Å². The Morgan fingerprint density at radius 1 is 1.38 bits per heavy atom. The molecule has 1 fully saturated rings. The van der Waals surface area contributed by atoms with Gasteiger partial charge in [0, 0.05) is 6.07 Å². The van der Waals surface area contributed by atoms with E-state index in [1.54, 1.807) is 0 Å². The van der Waals surface area contributed by atoms with E-state index in [-0.39, 0.29) is 0 Å². The fourth-order valence-electron chi connectivity index (χ4n) is 2.43. The molecule has 0 bridgehead atoms. The van der Waals surface area contributed by atoms with Crippen LogP contribution in [-0.4, -0.2) is 10.8 Å². The number of nitrogens with one attached hydrogen (secondary N) is 1. The molecule has 1 amide bonds. The molecule has 0 atom stereocenters. The minimum atomic E-state index is -1.31. The topological polar surface area (TPSA) is 96.0 Å². The summed E-state index contributed by atoms with van der Waals surface area (Å²) in [4.78, 5) is 22.0. The average molecular weight is 295 g/mol. The van der Waals surface area contributed by atoms with Crippen molar-refractivity contribution >= 4 is 17.3 Å². The van der Waals surface area contributed by atoms with Crippen LogP contribution >= 0.6 is 0 Å². The third-order valence-corrected chi connectivity index (χ3v) is 3.58. The largest absolute Gasteiger partial charge is 0.317 e. The van der Waals surface area contributed by atoms with Crippen molar-refractivity contribution in [3.05, 3.63) is 33.9 Å². The Hall–Kier alpha value is -2.56. The van der Waals surface area contributed by atoms with E-state index in [0.29, 0.717) is 37.8 Å². The fraction of sp³-hybridized carbons (Fsp3) is 0.385. The van der Waals surface area contributed by atoms with Crippen LogP contribution in [0.1, 0.15) is 25.7 Å².